The number of alkyl halides is 3. The molecule has 0 radical (unpaired) electrons. The normalized spacial score (nSPS) is 24.5. The average Bonchev–Trinajstić information content (AvgIpc) is 3.03. The summed E-state index contributed by atoms with van der Waals surface area (Å²) in [5, 5.41) is 8.47. The fourth-order valence-electron chi connectivity index (χ4n) is 3.05. The van der Waals surface area contributed by atoms with Gasteiger partial charge in [0.1, 0.15) is 5.75 Å². The second-order valence-electron chi connectivity index (χ2n) is 6.39. The Morgan fingerprint density at radius 1 is 1.21 bits per heavy atom. The number of ether oxygens (including phenoxy) is 1. The van der Waals surface area contributed by atoms with Gasteiger partial charge in [-0.25, -0.2) is 8.42 Å². The quantitative estimate of drug-likeness (QED) is 0.722. The number of thioether (sulfide) groups is 1. The van der Waals surface area contributed by atoms with Crippen molar-refractivity contribution in [1.29, 1.82) is 0 Å². The lowest BCUT2D eigenvalue weighted by Gasteiger charge is -2.24. The van der Waals surface area contributed by atoms with Gasteiger partial charge < -0.3 is 14.7 Å². The highest BCUT2D eigenvalue weighted by Crippen LogP contribution is 2.41. The van der Waals surface area contributed by atoms with E-state index in [2.05, 4.69) is 9.73 Å². The summed E-state index contributed by atoms with van der Waals surface area (Å²) >= 11 is 1.08. The van der Waals surface area contributed by atoms with Crippen LogP contribution in [-0.4, -0.2) is 59.7 Å². The molecule has 1 aromatic rings. The molecule has 13 heteroatoms. The summed E-state index contributed by atoms with van der Waals surface area (Å²) in [5.41, 5.74) is 0.349. The molecular formula is C16H15F3N2O6S2. The number of carboxylic acids is 1. The first-order valence-corrected chi connectivity index (χ1v) is 11.0. The Morgan fingerprint density at radius 2 is 1.86 bits per heavy atom. The lowest BCUT2D eigenvalue weighted by molar-refractivity contribution is -0.274. The zero-order chi connectivity index (χ0) is 21.4. The van der Waals surface area contributed by atoms with Gasteiger partial charge in [-0.05, 0) is 24.3 Å². The van der Waals surface area contributed by atoms with E-state index < -0.39 is 51.5 Å². The molecule has 0 aliphatic carbocycles. The van der Waals surface area contributed by atoms with E-state index in [0.717, 1.165) is 23.9 Å². The van der Waals surface area contributed by atoms with E-state index in [1.165, 1.54) is 17.0 Å². The smallest absolute Gasteiger partial charge is 0.481 e. The molecule has 2 heterocycles. The number of rotatable bonds is 5. The Hall–Kier alpha value is -2.28. The highest BCUT2D eigenvalue weighted by atomic mass is 32.2. The van der Waals surface area contributed by atoms with E-state index >= 15 is 0 Å². The SMILES string of the molecule is O=C(O)CCC(=O)N=C1S[C@H]2CS(=O)(=O)C[C@@H]2N1c1ccc(OC(F)(F)F)cc1. The number of aliphatic imine (C=N–C) groups is 1. The summed E-state index contributed by atoms with van der Waals surface area (Å²) in [5.74, 6) is -2.58. The summed E-state index contributed by atoms with van der Waals surface area (Å²) in [7, 11) is -3.31. The van der Waals surface area contributed by atoms with Crippen LogP contribution in [0.15, 0.2) is 29.3 Å². The van der Waals surface area contributed by atoms with Crippen LogP contribution in [0.5, 0.6) is 5.75 Å². The van der Waals surface area contributed by atoms with Gasteiger partial charge in [-0.3, -0.25) is 9.59 Å². The maximum Gasteiger partial charge on any atom is 0.573 e. The number of carbonyl (C=O) groups is 2. The van der Waals surface area contributed by atoms with Gasteiger partial charge in [-0.15, -0.1) is 13.2 Å². The average molecular weight is 452 g/mol. The van der Waals surface area contributed by atoms with Gasteiger partial charge in [0.15, 0.2) is 15.0 Å². The van der Waals surface area contributed by atoms with Gasteiger partial charge in [-0.1, -0.05) is 11.8 Å². The number of sulfone groups is 1. The summed E-state index contributed by atoms with van der Waals surface area (Å²) in [6.45, 7) is 0. The molecule has 2 saturated heterocycles. The second kappa shape index (κ2) is 7.86. The van der Waals surface area contributed by atoms with Crippen molar-refractivity contribution < 1.29 is 41.0 Å². The van der Waals surface area contributed by atoms with E-state index in [1.807, 2.05) is 0 Å². The van der Waals surface area contributed by atoms with Gasteiger partial charge in [0.05, 0.1) is 24.0 Å². The van der Waals surface area contributed by atoms with Crippen LogP contribution in [0.3, 0.4) is 0 Å². The number of hydrogen-bond acceptors (Lipinski definition) is 6. The van der Waals surface area contributed by atoms with Crippen LogP contribution in [0.4, 0.5) is 18.9 Å². The van der Waals surface area contributed by atoms with E-state index in [1.54, 1.807) is 0 Å². The zero-order valence-electron chi connectivity index (χ0n) is 14.6. The number of carboxylic acid groups (broad SMARTS) is 1. The van der Waals surface area contributed by atoms with Crippen LogP contribution in [0.2, 0.25) is 0 Å². The first kappa shape index (κ1) is 21.4. The number of benzene rings is 1. The number of fused-ring (bicyclic) bond motifs is 1. The van der Waals surface area contributed by atoms with Gasteiger partial charge in [0, 0.05) is 17.4 Å². The molecule has 1 N–H and O–H groups in total. The Balaban J connectivity index is 1.88. The molecular weight excluding hydrogens is 437 g/mol. The number of nitrogens with zero attached hydrogens (tertiary/aromatic N) is 2. The molecule has 0 bridgehead atoms. The number of amidine groups is 1. The predicted octanol–water partition coefficient (Wildman–Crippen LogP) is 2.05. The van der Waals surface area contributed by atoms with Crippen molar-refractivity contribution in [2.24, 2.45) is 4.99 Å². The maximum absolute atomic E-state index is 12.3. The molecule has 1 amide bonds. The summed E-state index contributed by atoms with van der Waals surface area (Å²) < 4.78 is 64.8. The van der Waals surface area contributed by atoms with Gasteiger partial charge in [0.25, 0.3) is 0 Å². The Kier molecular flexibility index (Phi) is 5.81. The molecule has 0 saturated carbocycles. The number of amides is 1. The fourth-order valence-corrected chi connectivity index (χ4v) is 6.98. The van der Waals surface area contributed by atoms with Crippen LogP contribution >= 0.6 is 11.8 Å². The Morgan fingerprint density at radius 3 is 2.45 bits per heavy atom. The molecule has 2 atom stereocenters. The van der Waals surface area contributed by atoms with Crippen molar-refractivity contribution in [2.45, 2.75) is 30.5 Å². The third-order valence-corrected chi connectivity index (χ3v) is 7.40. The van der Waals surface area contributed by atoms with Crippen molar-refractivity contribution in [3.63, 3.8) is 0 Å². The molecule has 2 fully saturated rings. The van der Waals surface area contributed by atoms with Crippen molar-refractivity contribution in [3.8, 4) is 5.75 Å². The number of anilines is 1. The molecule has 8 nitrogen and oxygen atoms in total. The monoisotopic (exact) mass is 452 g/mol. The molecule has 158 valence electrons. The van der Waals surface area contributed by atoms with Crippen LogP contribution in [-0.2, 0) is 19.4 Å². The van der Waals surface area contributed by atoms with Gasteiger partial charge in [-0.2, -0.15) is 4.99 Å². The second-order valence-corrected chi connectivity index (χ2v) is 9.75. The predicted molar refractivity (Wildman–Crippen MR) is 98.7 cm³/mol. The maximum atomic E-state index is 12.3. The Bertz CT molecular complexity index is 946. The first-order valence-electron chi connectivity index (χ1n) is 8.29. The lowest BCUT2D eigenvalue weighted by Crippen LogP contribution is -2.37. The molecule has 0 spiro atoms. The van der Waals surface area contributed by atoms with Gasteiger partial charge >= 0.3 is 12.3 Å². The molecule has 3 rings (SSSR count). The van der Waals surface area contributed by atoms with Crippen LogP contribution < -0.4 is 9.64 Å². The number of hydrogen-bond donors (Lipinski definition) is 1. The Labute approximate surface area is 167 Å². The van der Waals surface area contributed by atoms with Gasteiger partial charge in [0.2, 0.25) is 5.91 Å². The molecule has 0 unspecified atom stereocenters. The molecule has 29 heavy (non-hydrogen) atoms. The fraction of sp³-hybridized carbons (Fsp3) is 0.438. The van der Waals surface area contributed by atoms with Crippen LogP contribution in [0.25, 0.3) is 0 Å². The summed E-state index contributed by atoms with van der Waals surface area (Å²) in [6.07, 6.45) is -5.57. The van der Waals surface area contributed by atoms with Crippen molar-refractivity contribution in [1.82, 2.24) is 0 Å². The van der Waals surface area contributed by atoms with Crippen LogP contribution in [0.1, 0.15) is 12.8 Å². The summed E-state index contributed by atoms with van der Waals surface area (Å²) in [6, 6.07) is 4.24. The third kappa shape index (κ3) is 5.41. The minimum atomic E-state index is -4.85. The van der Waals surface area contributed by atoms with E-state index in [9.17, 15) is 31.2 Å². The largest absolute Gasteiger partial charge is 0.573 e. The standard InChI is InChI=1S/C16H15F3N2O6S2/c17-16(18,19)27-10-3-1-9(2-4-10)21-11-7-29(25,26)8-12(11)28-15(21)20-13(22)5-6-14(23)24/h1-4,11-12H,5-8H2,(H,23,24)/t11-,12-/m0/s1. The molecule has 1 aromatic carbocycles. The number of aliphatic carboxylic acids is 1. The first-order chi connectivity index (χ1) is 13.4. The summed E-state index contributed by atoms with van der Waals surface area (Å²) in [4.78, 5) is 28.0. The zero-order valence-corrected chi connectivity index (χ0v) is 16.3. The van der Waals surface area contributed by atoms with E-state index in [4.69, 9.17) is 5.11 Å². The molecule has 2 aliphatic rings. The molecule has 2 aliphatic heterocycles. The highest BCUT2D eigenvalue weighted by Gasteiger charge is 2.49. The van der Waals surface area contributed by atoms with Crippen molar-refractivity contribution in [3.05, 3.63) is 24.3 Å². The number of carbonyl (C=O) groups excluding carboxylic acids is 1. The van der Waals surface area contributed by atoms with E-state index in [-0.39, 0.29) is 23.1 Å². The molecule has 0 aromatic heterocycles. The van der Waals surface area contributed by atoms with Crippen molar-refractivity contribution >= 4 is 44.3 Å². The van der Waals surface area contributed by atoms with E-state index in [0.29, 0.717) is 5.69 Å². The topological polar surface area (TPSA) is 113 Å². The third-order valence-electron chi connectivity index (χ3n) is 4.19. The highest BCUT2D eigenvalue weighted by molar-refractivity contribution is 8.16. The number of halogens is 3. The minimum Gasteiger partial charge on any atom is -0.481 e. The van der Waals surface area contributed by atoms with Crippen LogP contribution in [0, 0.1) is 0 Å². The van der Waals surface area contributed by atoms with Crippen molar-refractivity contribution in [2.75, 3.05) is 16.4 Å². The minimum absolute atomic E-state index is 0.115. The lowest BCUT2D eigenvalue weighted by atomic mass is 10.2.